The summed E-state index contributed by atoms with van der Waals surface area (Å²) in [6.07, 6.45) is 3.64. The summed E-state index contributed by atoms with van der Waals surface area (Å²) in [4.78, 5) is 17.3. The van der Waals surface area contributed by atoms with Gasteiger partial charge in [0, 0.05) is 12.1 Å². The molecular formula is C19H24N4O3S. The summed E-state index contributed by atoms with van der Waals surface area (Å²) in [5.74, 6) is 0.104. The number of imidazole rings is 1. The van der Waals surface area contributed by atoms with Gasteiger partial charge < -0.3 is 5.32 Å². The van der Waals surface area contributed by atoms with E-state index >= 15 is 0 Å². The summed E-state index contributed by atoms with van der Waals surface area (Å²) in [6.45, 7) is 6.32. The number of para-hydroxylation sites is 1. The minimum atomic E-state index is -3.64. The number of sulfonamides is 1. The zero-order chi connectivity index (χ0) is 19.4. The molecule has 0 atom stereocenters. The minimum absolute atomic E-state index is 0.139. The van der Waals surface area contributed by atoms with Gasteiger partial charge in [-0.1, -0.05) is 12.1 Å². The molecule has 0 bridgehead atoms. The molecule has 0 saturated heterocycles. The normalized spacial score (nSPS) is 19.1. The average Bonchev–Trinajstić information content (AvgIpc) is 3.30. The topological polar surface area (TPSA) is 84.3 Å². The monoisotopic (exact) mass is 388 g/mol. The van der Waals surface area contributed by atoms with Crippen molar-refractivity contribution < 1.29 is 13.2 Å². The van der Waals surface area contributed by atoms with Crippen molar-refractivity contribution in [1.82, 2.24) is 19.2 Å². The summed E-state index contributed by atoms with van der Waals surface area (Å²) in [7, 11) is -3.64. The number of nitrogens with one attached hydrogen (secondary N) is 1. The lowest BCUT2D eigenvalue weighted by Crippen LogP contribution is -2.41. The maximum atomic E-state index is 13.3. The molecule has 144 valence electrons. The number of hydrogen-bond donors (Lipinski definition) is 1. The Morgan fingerprint density at radius 1 is 1.26 bits per heavy atom. The third-order valence-electron chi connectivity index (χ3n) is 4.80. The number of carbonyl (C=O) groups is 1. The lowest BCUT2D eigenvalue weighted by atomic mass is 10.1. The molecule has 1 amide bonds. The van der Waals surface area contributed by atoms with Crippen molar-refractivity contribution in [2.45, 2.75) is 50.6 Å². The molecule has 4 rings (SSSR count). The quantitative estimate of drug-likeness (QED) is 0.875. The second kappa shape index (κ2) is 6.17. The number of fused-ring (bicyclic) bond motifs is 3. The Balaban J connectivity index is 1.84. The fourth-order valence-corrected chi connectivity index (χ4v) is 5.00. The van der Waals surface area contributed by atoms with Gasteiger partial charge >= 0.3 is 0 Å². The highest BCUT2D eigenvalue weighted by atomic mass is 32.2. The highest BCUT2D eigenvalue weighted by molar-refractivity contribution is 7.89. The summed E-state index contributed by atoms with van der Waals surface area (Å²) in [6, 6.07) is 6.89. The summed E-state index contributed by atoms with van der Waals surface area (Å²) < 4.78 is 29.7. The molecule has 1 aliphatic heterocycles. The molecule has 0 radical (unpaired) electrons. The van der Waals surface area contributed by atoms with Crippen molar-refractivity contribution in [2.24, 2.45) is 5.92 Å². The van der Waals surface area contributed by atoms with Crippen LogP contribution in [0.5, 0.6) is 0 Å². The van der Waals surface area contributed by atoms with Crippen molar-refractivity contribution in [2.75, 3.05) is 6.54 Å². The molecule has 2 aromatic rings. The third-order valence-corrected chi connectivity index (χ3v) is 6.66. The first-order valence-corrected chi connectivity index (χ1v) is 10.6. The Bertz CT molecular complexity index is 1000. The van der Waals surface area contributed by atoms with Gasteiger partial charge in [-0.3, -0.25) is 9.36 Å². The standard InChI is InChI=1S/C19H24N4O3S/c1-19(2,3)21-18(24)17-15-11-22(10-13-8-9-13)27(25,26)16-7-5-4-6-14(16)23(15)12-20-17/h4-7,12-13H,8-11H2,1-3H3,(H,21,24). The van der Waals surface area contributed by atoms with Gasteiger partial charge in [0.1, 0.15) is 11.2 Å². The van der Waals surface area contributed by atoms with Crippen LogP contribution in [-0.2, 0) is 16.6 Å². The van der Waals surface area contributed by atoms with Crippen LogP contribution in [0.4, 0.5) is 0 Å². The maximum Gasteiger partial charge on any atom is 0.272 e. The van der Waals surface area contributed by atoms with Crippen molar-refractivity contribution >= 4 is 15.9 Å². The van der Waals surface area contributed by atoms with Crippen molar-refractivity contribution in [3.63, 3.8) is 0 Å². The summed E-state index contributed by atoms with van der Waals surface area (Å²) >= 11 is 0. The second-order valence-electron chi connectivity index (χ2n) is 8.32. The van der Waals surface area contributed by atoms with Gasteiger partial charge in [-0.2, -0.15) is 4.31 Å². The second-order valence-corrected chi connectivity index (χ2v) is 10.2. The SMILES string of the molecule is CC(C)(C)NC(=O)c1ncn2c1CN(CC1CC1)S(=O)(=O)c1ccccc1-2. The van der Waals surface area contributed by atoms with E-state index in [-0.39, 0.29) is 23.0 Å². The van der Waals surface area contributed by atoms with Crippen LogP contribution in [-0.4, -0.2) is 40.3 Å². The van der Waals surface area contributed by atoms with E-state index < -0.39 is 15.6 Å². The fraction of sp³-hybridized carbons (Fsp3) is 0.474. The number of aromatic nitrogens is 2. The molecule has 27 heavy (non-hydrogen) atoms. The fourth-order valence-electron chi connectivity index (χ4n) is 3.34. The van der Waals surface area contributed by atoms with Crippen LogP contribution < -0.4 is 5.32 Å². The van der Waals surface area contributed by atoms with Crippen LogP contribution in [0.25, 0.3) is 5.69 Å². The Morgan fingerprint density at radius 3 is 2.63 bits per heavy atom. The van der Waals surface area contributed by atoms with Crippen LogP contribution in [0.2, 0.25) is 0 Å². The van der Waals surface area contributed by atoms with E-state index in [0.717, 1.165) is 12.8 Å². The largest absolute Gasteiger partial charge is 0.346 e. The lowest BCUT2D eigenvalue weighted by molar-refractivity contribution is 0.0913. The molecule has 1 aliphatic carbocycles. The third kappa shape index (κ3) is 3.39. The van der Waals surface area contributed by atoms with Crippen molar-refractivity contribution in [1.29, 1.82) is 0 Å². The molecule has 1 aromatic heterocycles. The Hall–Kier alpha value is -2.19. The smallest absolute Gasteiger partial charge is 0.272 e. The number of benzene rings is 1. The van der Waals surface area contributed by atoms with Gasteiger partial charge in [0.15, 0.2) is 5.69 Å². The predicted molar refractivity (Wildman–Crippen MR) is 101 cm³/mol. The molecule has 2 aliphatic rings. The number of nitrogens with zero attached hydrogens (tertiary/aromatic N) is 3. The Kier molecular flexibility index (Phi) is 4.16. The molecule has 7 nitrogen and oxygen atoms in total. The van der Waals surface area contributed by atoms with E-state index in [1.54, 1.807) is 35.2 Å². The van der Waals surface area contributed by atoms with E-state index in [1.807, 2.05) is 20.8 Å². The van der Waals surface area contributed by atoms with Crippen LogP contribution >= 0.6 is 0 Å². The van der Waals surface area contributed by atoms with Gasteiger partial charge in [-0.25, -0.2) is 13.4 Å². The van der Waals surface area contributed by atoms with Crippen LogP contribution in [0.3, 0.4) is 0 Å². The first-order chi connectivity index (χ1) is 12.7. The van der Waals surface area contributed by atoms with Gasteiger partial charge in [0.25, 0.3) is 5.91 Å². The first kappa shape index (κ1) is 18.2. The Morgan fingerprint density at radius 2 is 1.96 bits per heavy atom. The van der Waals surface area contributed by atoms with Crippen LogP contribution in [0, 0.1) is 5.92 Å². The minimum Gasteiger partial charge on any atom is -0.346 e. The molecule has 1 fully saturated rings. The van der Waals surface area contributed by atoms with Crippen molar-refractivity contribution in [3.05, 3.63) is 42.0 Å². The van der Waals surface area contributed by atoms with Gasteiger partial charge in [0.05, 0.1) is 17.9 Å². The van der Waals surface area contributed by atoms with E-state index in [9.17, 15) is 13.2 Å². The summed E-state index contributed by atoms with van der Waals surface area (Å²) in [5, 5.41) is 2.92. The predicted octanol–water partition coefficient (Wildman–Crippen LogP) is 2.31. The molecule has 1 aromatic carbocycles. The zero-order valence-corrected chi connectivity index (χ0v) is 16.6. The number of amides is 1. The van der Waals surface area contributed by atoms with E-state index in [4.69, 9.17) is 0 Å². The zero-order valence-electron chi connectivity index (χ0n) is 15.8. The number of rotatable bonds is 3. The Labute approximate surface area is 159 Å². The summed E-state index contributed by atoms with van der Waals surface area (Å²) in [5.41, 5.74) is 1.01. The van der Waals surface area contributed by atoms with Crippen molar-refractivity contribution in [3.8, 4) is 5.69 Å². The van der Waals surface area contributed by atoms with Crippen LogP contribution in [0.15, 0.2) is 35.5 Å². The molecule has 8 heteroatoms. The number of hydrogen-bond acceptors (Lipinski definition) is 4. The highest BCUT2D eigenvalue weighted by Gasteiger charge is 2.38. The van der Waals surface area contributed by atoms with Crippen LogP contribution in [0.1, 0.15) is 49.8 Å². The first-order valence-electron chi connectivity index (χ1n) is 9.15. The lowest BCUT2D eigenvalue weighted by Gasteiger charge is -2.22. The van der Waals surface area contributed by atoms with E-state index in [2.05, 4.69) is 10.3 Å². The average molecular weight is 388 g/mol. The molecule has 1 saturated carbocycles. The number of carbonyl (C=O) groups excluding carboxylic acids is 1. The molecule has 0 unspecified atom stereocenters. The highest BCUT2D eigenvalue weighted by Crippen LogP contribution is 2.36. The molecule has 2 heterocycles. The maximum absolute atomic E-state index is 13.3. The molecule has 1 N–H and O–H groups in total. The molecule has 0 spiro atoms. The van der Waals surface area contributed by atoms with Gasteiger partial charge in [-0.05, 0) is 51.7 Å². The van der Waals surface area contributed by atoms with Gasteiger partial charge in [0.2, 0.25) is 10.0 Å². The van der Waals surface area contributed by atoms with Gasteiger partial charge in [-0.15, -0.1) is 0 Å². The molecular weight excluding hydrogens is 364 g/mol. The van der Waals surface area contributed by atoms with E-state index in [0.29, 0.717) is 23.8 Å². The van der Waals surface area contributed by atoms with E-state index in [1.165, 1.54) is 4.31 Å².